The van der Waals surface area contributed by atoms with E-state index in [4.69, 9.17) is 0 Å². The van der Waals surface area contributed by atoms with Gasteiger partial charge in [-0.3, -0.25) is 19.2 Å². The van der Waals surface area contributed by atoms with Crippen LogP contribution < -0.4 is 16.0 Å². The van der Waals surface area contributed by atoms with Crippen molar-refractivity contribution in [3.63, 3.8) is 0 Å². The molecule has 1 aromatic rings. The molecule has 0 saturated carbocycles. The first-order chi connectivity index (χ1) is 17.8. The van der Waals surface area contributed by atoms with E-state index < -0.39 is 45.6 Å². The molecular weight excluding hydrogens is 526 g/mol. The Balaban J connectivity index is 3.09. The molecule has 9 nitrogen and oxygen atoms in total. The summed E-state index contributed by atoms with van der Waals surface area (Å²) >= 11 is 1.48. The SMILES string of the molecule is CSCC[C@H](NC(=O)[C@H](CC(C)C)NC(=O)[C@H](CC(C)C)NC(C)=O)C(=O)/C=C/S(=O)(=O)c1ccccc1. The van der Waals surface area contributed by atoms with Crippen molar-refractivity contribution in [2.24, 2.45) is 11.8 Å². The van der Waals surface area contributed by atoms with E-state index in [1.165, 1.54) is 30.8 Å². The number of sulfone groups is 1. The van der Waals surface area contributed by atoms with Crippen molar-refractivity contribution in [1.29, 1.82) is 0 Å². The second-order valence-corrected chi connectivity index (χ2v) is 12.8. The Kier molecular flexibility index (Phi) is 14.3. The lowest BCUT2D eigenvalue weighted by Crippen LogP contribution is -2.56. The van der Waals surface area contributed by atoms with Crippen molar-refractivity contribution in [1.82, 2.24) is 16.0 Å². The summed E-state index contributed by atoms with van der Waals surface area (Å²) in [4.78, 5) is 50.9. The number of hydrogen-bond donors (Lipinski definition) is 3. The van der Waals surface area contributed by atoms with E-state index in [0.29, 0.717) is 18.6 Å². The van der Waals surface area contributed by atoms with Gasteiger partial charge in [0.15, 0.2) is 15.6 Å². The lowest BCUT2D eigenvalue weighted by Gasteiger charge is -2.26. The maximum absolute atomic E-state index is 13.3. The van der Waals surface area contributed by atoms with Gasteiger partial charge < -0.3 is 16.0 Å². The Labute approximate surface area is 230 Å². The van der Waals surface area contributed by atoms with Crippen LogP contribution in [-0.4, -0.2) is 62.1 Å². The first-order valence-electron chi connectivity index (χ1n) is 12.7. The average Bonchev–Trinajstić information content (AvgIpc) is 2.83. The molecule has 0 aliphatic carbocycles. The maximum atomic E-state index is 13.3. The van der Waals surface area contributed by atoms with Gasteiger partial charge in [0.1, 0.15) is 12.1 Å². The van der Waals surface area contributed by atoms with Crippen LogP contribution in [0.4, 0.5) is 0 Å². The number of carbonyl (C=O) groups excluding carboxylic acids is 4. The summed E-state index contributed by atoms with van der Waals surface area (Å²) in [6.45, 7) is 8.98. The van der Waals surface area contributed by atoms with Gasteiger partial charge >= 0.3 is 0 Å². The Morgan fingerprint density at radius 2 is 1.34 bits per heavy atom. The number of hydrogen-bond acceptors (Lipinski definition) is 7. The van der Waals surface area contributed by atoms with Crippen LogP contribution in [0.1, 0.15) is 53.9 Å². The smallest absolute Gasteiger partial charge is 0.243 e. The minimum Gasteiger partial charge on any atom is -0.345 e. The van der Waals surface area contributed by atoms with Gasteiger partial charge in [0.25, 0.3) is 0 Å². The highest BCUT2D eigenvalue weighted by molar-refractivity contribution is 7.98. The minimum atomic E-state index is -3.83. The summed E-state index contributed by atoms with van der Waals surface area (Å²) in [6.07, 6.45) is 3.83. The quantitative estimate of drug-likeness (QED) is 0.261. The molecule has 3 amide bonds. The highest BCUT2D eigenvalue weighted by Crippen LogP contribution is 2.13. The number of amides is 3. The zero-order valence-electron chi connectivity index (χ0n) is 23.0. The molecular formula is C27H41N3O6S2. The lowest BCUT2D eigenvalue weighted by molar-refractivity contribution is -0.133. The normalized spacial score (nSPS) is 14.2. The molecule has 0 fully saturated rings. The van der Waals surface area contributed by atoms with Gasteiger partial charge in [-0.05, 0) is 61.3 Å². The fourth-order valence-corrected chi connectivity index (χ4v) is 5.16. The van der Waals surface area contributed by atoms with Crippen molar-refractivity contribution in [2.75, 3.05) is 12.0 Å². The third-order valence-electron chi connectivity index (χ3n) is 5.49. The molecule has 0 spiro atoms. The predicted molar refractivity (Wildman–Crippen MR) is 151 cm³/mol. The zero-order chi connectivity index (χ0) is 28.9. The first-order valence-corrected chi connectivity index (χ1v) is 15.6. The summed E-state index contributed by atoms with van der Waals surface area (Å²) in [5.41, 5.74) is 0. The maximum Gasteiger partial charge on any atom is 0.243 e. The number of thioether (sulfide) groups is 1. The van der Waals surface area contributed by atoms with Crippen molar-refractivity contribution in [2.45, 2.75) is 76.9 Å². The molecule has 0 saturated heterocycles. The van der Waals surface area contributed by atoms with Crippen LogP contribution in [0.3, 0.4) is 0 Å². The molecule has 212 valence electrons. The molecule has 0 aliphatic rings. The van der Waals surface area contributed by atoms with Crippen LogP contribution in [0.25, 0.3) is 0 Å². The molecule has 0 heterocycles. The zero-order valence-corrected chi connectivity index (χ0v) is 24.7. The third kappa shape index (κ3) is 12.3. The Morgan fingerprint density at radius 3 is 1.82 bits per heavy atom. The summed E-state index contributed by atoms with van der Waals surface area (Å²) in [5, 5.41) is 8.93. The van der Waals surface area contributed by atoms with Gasteiger partial charge in [0, 0.05) is 12.3 Å². The number of nitrogens with one attached hydrogen (secondary N) is 3. The number of rotatable bonds is 16. The molecule has 3 atom stereocenters. The van der Waals surface area contributed by atoms with E-state index >= 15 is 0 Å². The molecule has 0 unspecified atom stereocenters. The molecule has 1 aromatic carbocycles. The molecule has 11 heteroatoms. The van der Waals surface area contributed by atoms with Crippen LogP contribution in [-0.2, 0) is 29.0 Å². The topological polar surface area (TPSA) is 139 Å². The molecule has 1 rings (SSSR count). The standard InChI is InChI=1S/C27H41N3O6S2/c1-18(2)16-23(28-20(5)31)26(33)30-24(17-19(3)4)27(34)29-22(12-14-37-6)25(32)13-15-38(35,36)21-10-8-7-9-11-21/h7-11,13,15,18-19,22-24H,12,14,16-17H2,1-6H3,(H,28,31)(H,29,34)(H,30,33)/b15-13+/t22-,23-,24-/m0/s1. The van der Waals surface area contributed by atoms with Crippen LogP contribution >= 0.6 is 11.8 Å². The number of ketones is 1. The van der Waals surface area contributed by atoms with Crippen LogP contribution in [0.2, 0.25) is 0 Å². The second-order valence-electron chi connectivity index (χ2n) is 9.98. The predicted octanol–water partition coefficient (Wildman–Crippen LogP) is 2.86. The number of benzene rings is 1. The molecule has 0 bridgehead atoms. The van der Waals surface area contributed by atoms with Gasteiger partial charge in [0.2, 0.25) is 17.7 Å². The van der Waals surface area contributed by atoms with Gasteiger partial charge in [0.05, 0.1) is 10.9 Å². The average molecular weight is 568 g/mol. The monoisotopic (exact) mass is 567 g/mol. The fraction of sp³-hybridized carbons (Fsp3) is 0.556. The summed E-state index contributed by atoms with van der Waals surface area (Å²) in [5.74, 6) is -1.20. The number of carbonyl (C=O) groups is 4. The van der Waals surface area contributed by atoms with E-state index in [1.807, 2.05) is 34.0 Å². The van der Waals surface area contributed by atoms with Crippen LogP contribution in [0, 0.1) is 11.8 Å². The van der Waals surface area contributed by atoms with Crippen molar-refractivity contribution < 1.29 is 27.6 Å². The highest BCUT2D eigenvalue weighted by atomic mass is 32.2. The van der Waals surface area contributed by atoms with Crippen molar-refractivity contribution in [3.05, 3.63) is 41.8 Å². The van der Waals surface area contributed by atoms with Gasteiger partial charge in [-0.25, -0.2) is 8.42 Å². The second kappa shape index (κ2) is 16.3. The Hall–Kier alpha value is -2.66. The van der Waals surface area contributed by atoms with Crippen LogP contribution in [0.15, 0.2) is 46.7 Å². The summed E-state index contributed by atoms with van der Waals surface area (Å²) in [6, 6.07) is 5.03. The van der Waals surface area contributed by atoms with E-state index in [0.717, 1.165) is 11.5 Å². The molecule has 0 radical (unpaired) electrons. The van der Waals surface area contributed by atoms with E-state index in [2.05, 4.69) is 16.0 Å². The van der Waals surface area contributed by atoms with E-state index in [-0.39, 0.29) is 29.1 Å². The largest absolute Gasteiger partial charge is 0.345 e. The van der Waals surface area contributed by atoms with Gasteiger partial charge in [-0.2, -0.15) is 11.8 Å². The van der Waals surface area contributed by atoms with E-state index in [1.54, 1.807) is 18.2 Å². The Bertz CT molecular complexity index is 1070. The van der Waals surface area contributed by atoms with E-state index in [9.17, 15) is 27.6 Å². The van der Waals surface area contributed by atoms with Crippen molar-refractivity contribution >= 4 is 45.1 Å². The third-order valence-corrected chi connectivity index (χ3v) is 7.56. The lowest BCUT2D eigenvalue weighted by atomic mass is 9.99. The molecule has 0 aliphatic heterocycles. The first kappa shape index (κ1) is 33.4. The Morgan fingerprint density at radius 1 is 0.842 bits per heavy atom. The van der Waals surface area contributed by atoms with Gasteiger partial charge in [-0.15, -0.1) is 0 Å². The molecule has 0 aromatic heterocycles. The van der Waals surface area contributed by atoms with Crippen molar-refractivity contribution in [3.8, 4) is 0 Å². The minimum absolute atomic E-state index is 0.0478. The summed E-state index contributed by atoms with van der Waals surface area (Å²) in [7, 11) is -3.83. The highest BCUT2D eigenvalue weighted by Gasteiger charge is 2.29. The molecule has 38 heavy (non-hydrogen) atoms. The van der Waals surface area contributed by atoms with Crippen LogP contribution in [0.5, 0.6) is 0 Å². The molecule has 3 N–H and O–H groups in total. The summed E-state index contributed by atoms with van der Waals surface area (Å²) < 4.78 is 25.1. The fourth-order valence-electron chi connectivity index (χ4n) is 3.68. The van der Waals surface area contributed by atoms with Gasteiger partial charge in [-0.1, -0.05) is 45.9 Å².